The summed E-state index contributed by atoms with van der Waals surface area (Å²) in [7, 11) is 0. The molecule has 1 unspecified atom stereocenters. The molecule has 1 aliphatic heterocycles. The number of ether oxygens (including phenoxy) is 2. The molecule has 37 heavy (non-hydrogen) atoms. The molecule has 0 radical (unpaired) electrons. The number of carbonyl (C=O) groups is 1. The molecule has 5 rings (SSSR count). The predicted molar refractivity (Wildman–Crippen MR) is 143 cm³/mol. The van der Waals surface area contributed by atoms with E-state index in [0.717, 1.165) is 11.1 Å². The Morgan fingerprint density at radius 2 is 1.81 bits per heavy atom. The van der Waals surface area contributed by atoms with Gasteiger partial charge < -0.3 is 20.1 Å². The summed E-state index contributed by atoms with van der Waals surface area (Å²) in [6.45, 7) is 4.57. The molecule has 1 amide bonds. The number of hydrogen-bond donors (Lipinski definition) is 2. The van der Waals surface area contributed by atoms with E-state index in [0.29, 0.717) is 52.1 Å². The zero-order valence-electron chi connectivity index (χ0n) is 20.3. The van der Waals surface area contributed by atoms with Crippen LogP contribution in [0, 0.1) is 0 Å². The minimum absolute atomic E-state index is 0.263. The smallest absolute Gasteiger partial charge is 0.255 e. The number of nitrogens with one attached hydrogen (secondary N) is 2. The van der Waals surface area contributed by atoms with Crippen molar-refractivity contribution in [1.29, 1.82) is 0 Å². The zero-order chi connectivity index (χ0) is 25.8. The average molecular weight is 561 g/mol. The third-order valence-electron chi connectivity index (χ3n) is 5.86. The van der Waals surface area contributed by atoms with E-state index in [9.17, 15) is 4.79 Å². The molecule has 0 aliphatic carbocycles. The Morgan fingerprint density at radius 3 is 2.54 bits per heavy atom. The minimum atomic E-state index is -0.603. The van der Waals surface area contributed by atoms with Gasteiger partial charge in [0.1, 0.15) is 12.6 Å². The second kappa shape index (κ2) is 10.8. The summed E-state index contributed by atoms with van der Waals surface area (Å²) < 4.78 is 14.4. The number of benzene rings is 3. The van der Waals surface area contributed by atoms with E-state index in [-0.39, 0.29) is 5.91 Å². The first-order valence-electron chi connectivity index (χ1n) is 11.8. The molecular formula is C27H25BrN6O3. The third kappa shape index (κ3) is 5.19. The van der Waals surface area contributed by atoms with Crippen molar-refractivity contribution >= 4 is 33.5 Å². The first-order chi connectivity index (χ1) is 18.0. The van der Waals surface area contributed by atoms with Gasteiger partial charge in [0, 0.05) is 11.4 Å². The molecule has 10 heteroatoms. The van der Waals surface area contributed by atoms with Crippen molar-refractivity contribution in [3.63, 3.8) is 0 Å². The van der Waals surface area contributed by atoms with Gasteiger partial charge in [0.2, 0.25) is 5.95 Å². The van der Waals surface area contributed by atoms with Crippen LogP contribution in [0.5, 0.6) is 11.5 Å². The molecule has 1 aromatic heterocycles. The van der Waals surface area contributed by atoms with Crippen LogP contribution in [0.3, 0.4) is 0 Å². The fourth-order valence-corrected chi connectivity index (χ4v) is 4.79. The molecule has 1 aliphatic rings. The van der Waals surface area contributed by atoms with E-state index in [1.807, 2.05) is 86.6 Å². The molecule has 0 spiro atoms. The van der Waals surface area contributed by atoms with Gasteiger partial charge in [0.05, 0.1) is 16.7 Å². The number of tetrazole rings is 1. The number of para-hydroxylation sites is 1. The molecule has 188 valence electrons. The number of carbonyl (C=O) groups excluding carboxylic acids is 1. The van der Waals surface area contributed by atoms with Gasteiger partial charge in [-0.2, -0.15) is 4.68 Å². The number of hydrogen-bond acceptors (Lipinski definition) is 7. The maximum absolute atomic E-state index is 13.6. The lowest BCUT2D eigenvalue weighted by molar-refractivity contribution is -0.113. The lowest BCUT2D eigenvalue weighted by Gasteiger charge is -2.28. The van der Waals surface area contributed by atoms with Gasteiger partial charge in [-0.15, -0.1) is 0 Å². The summed E-state index contributed by atoms with van der Waals surface area (Å²) in [5.74, 6) is 1.31. The van der Waals surface area contributed by atoms with Gasteiger partial charge in [-0.25, -0.2) is 0 Å². The minimum Gasteiger partial charge on any atom is -0.490 e. The summed E-state index contributed by atoms with van der Waals surface area (Å²) in [6.07, 6.45) is 0. The Kier molecular flexibility index (Phi) is 7.18. The van der Waals surface area contributed by atoms with Crippen LogP contribution in [0.4, 0.5) is 11.6 Å². The summed E-state index contributed by atoms with van der Waals surface area (Å²) in [5.41, 5.74) is 3.62. The Bertz CT molecular complexity index is 1440. The van der Waals surface area contributed by atoms with Crippen LogP contribution < -0.4 is 20.1 Å². The number of anilines is 2. The van der Waals surface area contributed by atoms with Crippen molar-refractivity contribution < 1.29 is 14.3 Å². The highest BCUT2D eigenvalue weighted by atomic mass is 79.9. The number of amides is 1. The zero-order valence-corrected chi connectivity index (χ0v) is 21.9. The van der Waals surface area contributed by atoms with Crippen molar-refractivity contribution in [2.24, 2.45) is 0 Å². The quantitative estimate of drug-likeness (QED) is 0.299. The maximum atomic E-state index is 13.6. The molecular weight excluding hydrogens is 536 g/mol. The standard InChI is InChI=1S/C27H25BrN6O3/c1-3-36-22-15-19(14-21(28)25(22)37-16-18-10-6-4-7-11-18)24-23(17(2)29-27-31-32-33-34(24)27)26(35)30-20-12-8-5-9-13-20/h4-15,24H,3,16H2,1-2H3,(H,30,35)(H,29,31,33). The largest absolute Gasteiger partial charge is 0.490 e. The monoisotopic (exact) mass is 560 g/mol. The molecule has 2 N–H and O–H groups in total. The lowest BCUT2D eigenvalue weighted by Crippen LogP contribution is -2.31. The van der Waals surface area contributed by atoms with Gasteiger partial charge in [-0.1, -0.05) is 53.6 Å². The first-order valence-corrected chi connectivity index (χ1v) is 12.6. The second-order valence-corrected chi connectivity index (χ2v) is 9.23. The van der Waals surface area contributed by atoms with Crippen molar-refractivity contribution in [2.45, 2.75) is 26.5 Å². The van der Waals surface area contributed by atoms with Crippen LogP contribution in [0.15, 0.2) is 88.5 Å². The van der Waals surface area contributed by atoms with Crippen LogP contribution in [-0.4, -0.2) is 32.7 Å². The molecule has 0 fully saturated rings. The normalized spacial score (nSPS) is 14.5. The van der Waals surface area contributed by atoms with Gasteiger partial charge in [0.25, 0.3) is 5.91 Å². The molecule has 3 aromatic carbocycles. The Labute approximate surface area is 222 Å². The van der Waals surface area contributed by atoms with Crippen LogP contribution in [0.2, 0.25) is 0 Å². The molecule has 0 saturated carbocycles. The van der Waals surface area contributed by atoms with E-state index in [1.165, 1.54) is 0 Å². The van der Waals surface area contributed by atoms with E-state index in [2.05, 4.69) is 42.1 Å². The van der Waals surface area contributed by atoms with Gasteiger partial charge in [-0.05, 0) is 75.6 Å². The number of nitrogens with zero attached hydrogens (tertiary/aromatic N) is 4. The second-order valence-electron chi connectivity index (χ2n) is 8.37. The van der Waals surface area contributed by atoms with E-state index in [1.54, 1.807) is 4.68 Å². The summed E-state index contributed by atoms with van der Waals surface area (Å²) in [5, 5.41) is 18.2. The van der Waals surface area contributed by atoms with Crippen molar-refractivity contribution in [2.75, 3.05) is 17.2 Å². The van der Waals surface area contributed by atoms with E-state index < -0.39 is 6.04 Å². The number of rotatable bonds is 8. The van der Waals surface area contributed by atoms with Crippen LogP contribution >= 0.6 is 15.9 Å². The highest BCUT2D eigenvalue weighted by Crippen LogP contribution is 2.43. The van der Waals surface area contributed by atoms with Gasteiger partial charge in [0.15, 0.2) is 11.5 Å². The molecule has 4 aromatic rings. The van der Waals surface area contributed by atoms with E-state index in [4.69, 9.17) is 9.47 Å². The van der Waals surface area contributed by atoms with E-state index >= 15 is 0 Å². The third-order valence-corrected chi connectivity index (χ3v) is 6.45. The number of aromatic nitrogens is 4. The van der Waals surface area contributed by atoms with Crippen LogP contribution in [0.1, 0.15) is 31.0 Å². The Morgan fingerprint density at radius 1 is 1.08 bits per heavy atom. The highest BCUT2D eigenvalue weighted by molar-refractivity contribution is 9.10. The van der Waals surface area contributed by atoms with Crippen molar-refractivity contribution in [3.05, 3.63) is 99.7 Å². The predicted octanol–water partition coefficient (Wildman–Crippen LogP) is 5.34. The molecule has 0 bridgehead atoms. The number of allylic oxidation sites excluding steroid dienone is 1. The first kappa shape index (κ1) is 24.5. The summed E-state index contributed by atoms with van der Waals surface area (Å²) in [6, 6.07) is 22.4. The SMILES string of the molecule is CCOc1cc(C2C(C(=O)Nc3ccccc3)=C(C)Nc3nnnn32)cc(Br)c1OCc1ccccc1. The summed E-state index contributed by atoms with van der Waals surface area (Å²) >= 11 is 3.67. The molecule has 9 nitrogen and oxygen atoms in total. The highest BCUT2D eigenvalue weighted by Gasteiger charge is 2.35. The fraction of sp³-hybridized carbons (Fsp3) is 0.185. The topological polar surface area (TPSA) is 103 Å². The number of halogens is 1. The molecule has 1 atom stereocenters. The lowest BCUT2D eigenvalue weighted by atomic mass is 9.94. The average Bonchev–Trinajstić information content (AvgIpc) is 3.36. The van der Waals surface area contributed by atoms with Crippen LogP contribution in [-0.2, 0) is 11.4 Å². The molecule has 2 heterocycles. The number of fused-ring (bicyclic) bond motifs is 1. The Balaban J connectivity index is 1.54. The van der Waals surface area contributed by atoms with Crippen molar-refractivity contribution in [1.82, 2.24) is 20.2 Å². The van der Waals surface area contributed by atoms with Crippen molar-refractivity contribution in [3.8, 4) is 11.5 Å². The van der Waals surface area contributed by atoms with Gasteiger partial charge in [-0.3, -0.25) is 4.79 Å². The van der Waals surface area contributed by atoms with Gasteiger partial charge >= 0.3 is 0 Å². The molecule has 0 saturated heterocycles. The maximum Gasteiger partial charge on any atom is 0.255 e. The van der Waals surface area contributed by atoms with Crippen LogP contribution in [0.25, 0.3) is 0 Å². The fourth-order valence-electron chi connectivity index (χ4n) is 4.21. The summed E-state index contributed by atoms with van der Waals surface area (Å²) in [4.78, 5) is 13.6. The Hall–Kier alpha value is -4.18.